The Kier molecular flexibility index (Phi) is 4.96. The van der Waals surface area contributed by atoms with Crippen molar-refractivity contribution in [3.63, 3.8) is 0 Å². The molecule has 1 aromatic carbocycles. The van der Waals surface area contributed by atoms with Gasteiger partial charge >= 0.3 is 5.97 Å². The van der Waals surface area contributed by atoms with Gasteiger partial charge in [-0.25, -0.2) is 0 Å². The number of carboxylic acid groups (broad SMARTS) is 1. The monoisotopic (exact) mass is 301 g/mol. The van der Waals surface area contributed by atoms with E-state index in [4.69, 9.17) is 15.6 Å². The van der Waals surface area contributed by atoms with Gasteiger partial charge in [-0.3, -0.25) is 4.79 Å². The van der Waals surface area contributed by atoms with Crippen molar-refractivity contribution in [3.8, 4) is 5.75 Å². The largest absolute Gasteiger partial charge is 0.495 e. The van der Waals surface area contributed by atoms with Gasteiger partial charge in [0.25, 0.3) is 0 Å². The number of halogens is 1. The highest BCUT2D eigenvalue weighted by atomic mass is 79.9. The molecule has 0 aliphatic carbocycles. The number of aryl methyl sites for hydroxylation is 1. The van der Waals surface area contributed by atoms with E-state index in [-0.39, 0.29) is 12.5 Å². The molecule has 94 valence electrons. The van der Waals surface area contributed by atoms with Gasteiger partial charge in [0.05, 0.1) is 11.6 Å². The van der Waals surface area contributed by atoms with Crippen LogP contribution in [0.2, 0.25) is 0 Å². The van der Waals surface area contributed by atoms with Gasteiger partial charge in [0.15, 0.2) is 0 Å². The number of hydrogen-bond donors (Lipinski definition) is 2. The number of rotatable bonds is 5. The summed E-state index contributed by atoms with van der Waals surface area (Å²) in [6, 6.07) is 3.53. The highest BCUT2D eigenvalue weighted by molar-refractivity contribution is 9.10. The second-order valence-electron chi connectivity index (χ2n) is 3.89. The second kappa shape index (κ2) is 6.02. The van der Waals surface area contributed by atoms with Gasteiger partial charge in [-0.05, 0) is 46.5 Å². The summed E-state index contributed by atoms with van der Waals surface area (Å²) in [6.45, 7) is 1.93. The molecule has 0 aliphatic heterocycles. The molecule has 17 heavy (non-hydrogen) atoms. The summed E-state index contributed by atoms with van der Waals surface area (Å²) in [5.74, 6) is -0.0519. The van der Waals surface area contributed by atoms with Crippen LogP contribution in [0.4, 0.5) is 0 Å². The van der Waals surface area contributed by atoms with Crippen molar-refractivity contribution in [2.45, 2.75) is 25.8 Å². The van der Waals surface area contributed by atoms with E-state index in [1.165, 1.54) is 0 Å². The molecule has 0 spiro atoms. The molecule has 0 saturated carbocycles. The van der Waals surface area contributed by atoms with E-state index in [0.717, 1.165) is 21.3 Å². The first kappa shape index (κ1) is 14.0. The predicted octanol–water partition coefficient (Wildman–Crippen LogP) is 2.63. The average molecular weight is 302 g/mol. The normalized spacial score (nSPS) is 12.2. The molecule has 0 bridgehead atoms. The molecule has 0 radical (unpaired) electrons. The Bertz CT molecular complexity index is 397. The van der Waals surface area contributed by atoms with Crippen molar-refractivity contribution in [3.05, 3.63) is 27.7 Å². The number of aliphatic carboxylic acids is 1. The molecule has 0 heterocycles. The molecule has 4 nitrogen and oxygen atoms in total. The third-order valence-electron chi connectivity index (χ3n) is 2.55. The molecule has 0 aromatic heterocycles. The van der Waals surface area contributed by atoms with Crippen molar-refractivity contribution < 1.29 is 14.6 Å². The summed E-state index contributed by atoms with van der Waals surface area (Å²) < 4.78 is 6.06. The number of benzene rings is 1. The molecule has 1 aromatic rings. The maximum atomic E-state index is 10.5. The van der Waals surface area contributed by atoms with Crippen LogP contribution < -0.4 is 10.5 Å². The first-order chi connectivity index (χ1) is 7.95. The van der Waals surface area contributed by atoms with Crippen LogP contribution in [0.25, 0.3) is 0 Å². The summed E-state index contributed by atoms with van der Waals surface area (Å²) in [6.07, 6.45) is 0.497. The van der Waals surface area contributed by atoms with E-state index in [9.17, 15) is 4.79 Å². The minimum atomic E-state index is -0.829. The van der Waals surface area contributed by atoms with Crippen LogP contribution in [-0.4, -0.2) is 18.2 Å². The van der Waals surface area contributed by atoms with Crippen molar-refractivity contribution in [2.75, 3.05) is 7.11 Å². The van der Waals surface area contributed by atoms with E-state index in [1.807, 2.05) is 19.1 Å². The third-order valence-corrected chi connectivity index (χ3v) is 3.14. The molecular weight excluding hydrogens is 286 g/mol. The van der Waals surface area contributed by atoms with E-state index in [2.05, 4.69) is 15.9 Å². The third kappa shape index (κ3) is 3.71. The quantitative estimate of drug-likeness (QED) is 0.877. The van der Waals surface area contributed by atoms with Crippen LogP contribution >= 0.6 is 15.9 Å². The molecule has 0 amide bonds. The summed E-state index contributed by atoms with van der Waals surface area (Å²) in [5.41, 5.74) is 7.84. The Labute approximate surface area is 109 Å². The number of ether oxygens (including phenoxy) is 1. The van der Waals surface area contributed by atoms with Crippen LogP contribution in [0.5, 0.6) is 5.75 Å². The molecule has 1 atom stereocenters. The van der Waals surface area contributed by atoms with Crippen molar-refractivity contribution >= 4 is 21.9 Å². The van der Waals surface area contributed by atoms with Crippen molar-refractivity contribution in [2.24, 2.45) is 5.73 Å². The van der Waals surface area contributed by atoms with E-state index < -0.39 is 5.97 Å². The standard InChI is InChI=1S/C12H16BrNO3/c1-7-5-8(6-9(13)12(7)17-2)10(14)3-4-11(15)16/h5-6,10H,3-4,14H2,1-2H3,(H,15,16). The highest BCUT2D eigenvalue weighted by Gasteiger charge is 2.12. The Morgan fingerprint density at radius 3 is 2.71 bits per heavy atom. The Morgan fingerprint density at radius 1 is 1.59 bits per heavy atom. The van der Waals surface area contributed by atoms with Crippen LogP contribution in [-0.2, 0) is 4.79 Å². The minimum absolute atomic E-state index is 0.0733. The summed E-state index contributed by atoms with van der Waals surface area (Å²) in [7, 11) is 1.61. The fourth-order valence-electron chi connectivity index (χ4n) is 1.68. The number of methoxy groups -OCH3 is 1. The van der Waals surface area contributed by atoms with Crippen molar-refractivity contribution in [1.82, 2.24) is 0 Å². The summed E-state index contributed by atoms with van der Waals surface area (Å²) in [4.78, 5) is 10.5. The molecular formula is C12H16BrNO3. The van der Waals surface area contributed by atoms with E-state index >= 15 is 0 Å². The SMILES string of the molecule is COc1c(C)cc(C(N)CCC(=O)O)cc1Br. The number of carbonyl (C=O) groups is 1. The topological polar surface area (TPSA) is 72.5 Å². The minimum Gasteiger partial charge on any atom is -0.495 e. The van der Waals surface area contributed by atoms with Crippen LogP contribution in [0, 0.1) is 6.92 Å². The lowest BCUT2D eigenvalue weighted by Crippen LogP contribution is -2.12. The average Bonchev–Trinajstić information content (AvgIpc) is 2.25. The molecule has 1 unspecified atom stereocenters. The zero-order valence-electron chi connectivity index (χ0n) is 9.87. The lowest BCUT2D eigenvalue weighted by atomic mass is 10.0. The van der Waals surface area contributed by atoms with Crippen LogP contribution in [0.3, 0.4) is 0 Å². The lowest BCUT2D eigenvalue weighted by molar-refractivity contribution is -0.137. The molecule has 0 saturated heterocycles. The molecule has 5 heteroatoms. The maximum absolute atomic E-state index is 10.5. The first-order valence-corrected chi connectivity index (χ1v) is 6.06. The second-order valence-corrected chi connectivity index (χ2v) is 4.75. The lowest BCUT2D eigenvalue weighted by Gasteiger charge is -2.15. The Balaban J connectivity index is 2.88. The summed E-state index contributed by atoms with van der Waals surface area (Å²) >= 11 is 3.41. The van der Waals surface area contributed by atoms with Gasteiger partial charge in [-0.2, -0.15) is 0 Å². The Morgan fingerprint density at radius 2 is 2.24 bits per heavy atom. The van der Waals surface area contributed by atoms with Gasteiger partial charge < -0.3 is 15.6 Å². The van der Waals surface area contributed by atoms with Crippen molar-refractivity contribution in [1.29, 1.82) is 0 Å². The fraction of sp³-hybridized carbons (Fsp3) is 0.417. The number of nitrogens with two attached hydrogens (primary N) is 1. The zero-order chi connectivity index (χ0) is 13.0. The number of carboxylic acids is 1. The predicted molar refractivity (Wildman–Crippen MR) is 69.2 cm³/mol. The smallest absolute Gasteiger partial charge is 0.303 e. The van der Waals surface area contributed by atoms with Gasteiger partial charge in [0.1, 0.15) is 5.75 Å². The first-order valence-electron chi connectivity index (χ1n) is 5.27. The van der Waals surface area contributed by atoms with Gasteiger partial charge in [-0.1, -0.05) is 6.07 Å². The van der Waals surface area contributed by atoms with E-state index in [1.54, 1.807) is 7.11 Å². The highest BCUT2D eigenvalue weighted by Crippen LogP contribution is 2.32. The zero-order valence-corrected chi connectivity index (χ0v) is 11.5. The molecule has 0 aliphatic rings. The molecule has 0 fully saturated rings. The fourth-order valence-corrected chi connectivity index (χ4v) is 2.41. The number of hydrogen-bond acceptors (Lipinski definition) is 3. The Hall–Kier alpha value is -1.07. The van der Waals surface area contributed by atoms with E-state index in [0.29, 0.717) is 6.42 Å². The van der Waals surface area contributed by atoms with Gasteiger partial charge in [0.2, 0.25) is 0 Å². The molecule has 3 N–H and O–H groups in total. The maximum Gasteiger partial charge on any atom is 0.303 e. The van der Waals surface area contributed by atoms with Crippen LogP contribution in [0.15, 0.2) is 16.6 Å². The summed E-state index contributed by atoms with van der Waals surface area (Å²) in [5, 5.41) is 8.62. The van der Waals surface area contributed by atoms with Gasteiger partial charge in [-0.15, -0.1) is 0 Å². The molecule has 1 rings (SSSR count). The van der Waals surface area contributed by atoms with Gasteiger partial charge in [0, 0.05) is 12.5 Å². The van der Waals surface area contributed by atoms with Crippen LogP contribution in [0.1, 0.15) is 30.0 Å².